The molecule has 2 fully saturated rings. The summed E-state index contributed by atoms with van der Waals surface area (Å²) in [6.07, 6.45) is 4.94. The maximum absolute atomic E-state index is 13.3. The highest BCUT2D eigenvalue weighted by molar-refractivity contribution is 6.30. The fourth-order valence-corrected chi connectivity index (χ4v) is 4.63. The lowest BCUT2D eigenvalue weighted by molar-refractivity contribution is -0.119. The average molecular weight is 442 g/mol. The van der Waals surface area contributed by atoms with Crippen molar-refractivity contribution >= 4 is 34.9 Å². The van der Waals surface area contributed by atoms with Crippen LogP contribution in [-0.4, -0.2) is 37.0 Å². The number of urea groups is 1. The first-order valence-corrected chi connectivity index (χ1v) is 11.2. The topological polar surface area (TPSA) is 61.9 Å². The van der Waals surface area contributed by atoms with E-state index in [4.69, 9.17) is 16.3 Å². The summed E-state index contributed by atoms with van der Waals surface area (Å²) in [6.45, 7) is 1.78. The Balaban J connectivity index is 1.53. The van der Waals surface area contributed by atoms with Crippen molar-refractivity contribution in [3.63, 3.8) is 0 Å². The van der Waals surface area contributed by atoms with Gasteiger partial charge in [0, 0.05) is 36.3 Å². The predicted molar refractivity (Wildman–Crippen MR) is 123 cm³/mol. The van der Waals surface area contributed by atoms with Gasteiger partial charge in [-0.2, -0.15) is 0 Å². The van der Waals surface area contributed by atoms with Crippen molar-refractivity contribution in [2.45, 2.75) is 38.6 Å². The van der Waals surface area contributed by atoms with Gasteiger partial charge in [-0.25, -0.2) is 4.79 Å². The number of hydrogen-bond acceptors (Lipinski definition) is 3. The fourth-order valence-electron chi connectivity index (χ4n) is 4.42. The largest absolute Gasteiger partial charge is 0.495 e. The zero-order chi connectivity index (χ0) is 21.8. The van der Waals surface area contributed by atoms with Gasteiger partial charge in [-0.05, 0) is 55.2 Å². The molecule has 3 amide bonds. The van der Waals surface area contributed by atoms with Crippen LogP contribution in [0.5, 0.6) is 5.75 Å². The molecule has 6 nitrogen and oxygen atoms in total. The molecule has 1 aliphatic carbocycles. The molecule has 0 atom stereocenters. The van der Waals surface area contributed by atoms with Gasteiger partial charge >= 0.3 is 6.03 Å². The molecule has 0 bridgehead atoms. The van der Waals surface area contributed by atoms with E-state index in [1.165, 1.54) is 0 Å². The van der Waals surface area contributed by atoms with E-state index in [1.807, 2.05) is 47.4 Å². The predicted octanol–water partition coefficient (Wildman–Crippen LogP) is 5.31. The number of hydrogen-bond donors (Lipinski definition) is 1. The smallest absolute Gasteiger partial charge is 0.324 e. The number of carbonyl (C=O) groups is 2. The molecule has 7 heteroatoms. The Hall–Kier alpha value is -2.73. The van der Waals surface area contributed by atoms with Crippen LogP contribution >= 0.6 is 11.6 Å². The van der Waals surface area contributed by atoms with Crippen LogP contribution < -0.4 is 15.0 Å². The lowest BCUT2D eigenvalue weighted by atomic mass is 10.1. The first kappa shape index (κ1) is 21.5. The summed E-state index contributed by atoms with van der Waals surface area (Å²) in [5.74, 6) is 0.744. The Bertz CT molecular complexity index is 959. The second-order valence-electron chi connectivity index (χ2n) is 8.20. The SMILES string of the molecule is COc1ccc(NC(=O)C2CCCC2)cc1N1CCCN(Cc2cccc(Cl)c2)C1=O. The van der Waals surface area contributed by atoms with Crippen LogP contribution in [0.2, 0.25) is 5.02 Å². The normalized spacial score (nSPS) is 17.2. The number of carbonyl (C=O) groups excluding carboxylic acids is 2. The third-order valence-electron chi connectivity index (χ3n) is 6.04. The molecule has 164 valence electrons. The first-order valence-electron chi connectivity index (χ1n) is 10.8. The summed E-state index contributed by atoms with van der Waals surface area (Å²) in [7, 11) is 1.59. The number of nitrogens with one attached hydrogen (secondary N) is 1. The number of methoxy groups -OCH3 is 1. The molecular weight excluding hydrogens is 414 g/mol. The van der Waals surface area contributed by atoms with E-state index >= 15 is 0 Å². The van der Waals surface area contributed by atoms with Crippen molar-refractivity contribution in [1.29, 1.82) is 0 Å². The van der Waals surface area contributed by atoms with Crippen LogP contribution in [-0.2, 0) is 11.3 Å². The maximum atomic E-state index is 13.3. The minimum absolute atomic E-state index is 0.0566. The van der Waals surface area contributed by atoms with Crippen LogP contribution in [0.1, 0.15) is 37.7 Å². The summed E-state index contributed by atoms with van der Waals surface area (Å²) in [4.78, 5) is 29.4. The van der Waals surface area contributed by atoms with Crippen LogP contribution in [0.4, 0.5) is 16.2 Å². The van der Waals surface area contributed by atoms with Gasteiger partial charge in [0.05, 0.1) is 12.8 Å². The number of amides is 3. The van der Waals surface area contributed by atoms with E-state index in [1.54, 1.807) is 12.0 Å². The van der Waals surface area contributed by atoms with Crippen molar-refractivity contribution in [1.82, 2.24) is 4.90 Å². The van der Waals surface area contributed by atoms with E-state index in [2.05, 4.69) is 5.32 Å². The third-order valence-corrected chi connectivity index (χ3v) is 6.27. The van der Waals surface area contributed by atoms with Crippen molar-refractivity contribution in [2.75, 3.05) is 30.4 Å². The first-order chi connectivity index (χ1) is 15.0. The molecule has 1 aliphatic heterocycles. The van der Waals surface area contributed by atoms with E-state index in [0.717, 1.165) is 37.7 Å². The average Bonchev–Trinajstić information content (AvgIpc) is 3.30. The zero-order valence-corrected chi connectivity index (χ0v) is 18.5. The molecule has 2 aliphatic rings. The second kappa shape index (κ2) is 9.60. The van der Waals surface area contributed by atoms with Crippen molar-refractivity contribution in [3.8, 4) is 5.75 Å². The molecule has 2 aromatic carbocycles. The lowest BCUT2D eigenvalue weighted by Gasteiger charge is -2.36. The van der Waals surface area contributed by atoms with Crippen molar-refractivity contribution < 1.29 is 14.3 Å². The number of benzene rings is 2. The fraction of sp³-hybridized carbons (Fsp3) is 0.417. The van der Waals surface area contributed by atoms with Gasteiger partial charge in [0.15, 0.2) is 0 Å². The van der Waals surface area contributed by atoms with Gasteiger partial charge in [0.1, 0.15) is 5.75 Å². The number of ether oxygens (including phenoxy) is 1. The second-order valence-corrected chi connectivity index (χ2v) is 8.63. The maximum Gasteiger partial charge on any atom is 0.324 e. The molecule has 1 N–H and O–H groups in total. The molecule has 4 rings (SSSR count). The summed E-state index contributed by atoms with van der Waals surface area (Å²) in [6, 6.07) is 13.0. The molecule has 1 heterocycles. The Labute approximate surface area is 188 Å². The number of anilines is 2. The Morgan fingerprint density at radius 1 is 1.13 bits per heavy atom. The van der Waals surface area contributed by atoms with E-state index in [9.17, 15) is 9.59 Å². The highest BCUT2D eigenvalue weighted by Crippen LogP contribution is 2.34. The Morgan fingerprint density at radius 2 is 1.94 bits per heavy atom. The van der Waals surface area contributed by atoms with Crippen LogP contribution in [0, 0.1) is 5.92 Å². The molecule has 0 aromatic heterocycles. The number of halogens is 1. The van der Waals surface area contributed by atoms with Gasteiger partial charge in [-0.3, -0.25) is 9.69 Å². The van der Waals surface area contributed by atoms with Crippen LogP contribution in [0.15, 0.2) is 42.5 Å². The summed E-state index contributed by atoms with van der Waals surface area (Å²) < 4.78 is 5.53. The van der Waals surface area contributed by atoms with Crippen LogP contribution in [0.25, 0.3) is 0 Å². The van der Waals surface area contributed by atoms with Crippen molar-refractivity contribution in [3.05, 3.63) is 53.1 Å². The number of rotatable bonds is 6. The minimum Gasteiger partial charge on any atom is -0.495 e. The minimum atomic E-state index is -0.0798. The molecule has 1 saturated carbocycles. The molecule has 1 saturated heterocycles. The highest BCUT2D eigenvalue weighted by atomic mass is 35.5. The standard InChI is InChI=1S/C24H28ClN3O3/c1-31-22-11-10-20(26-23(29)18-7-2-3-8-18)15-21(22)28-13-5-12-27(24(28)30)16-17-6-4-9-19(25)14-17/h4,6,9-11,14-15,18H,2-3,5,7-8,12-13,16H2,1H3,(H,26,29). The van der Waals surface area contributed by atoms with E-state index < -0.39 is 0 Å². The Kier molecular flexibility index (Phi) is 6.66. The monoisotopic (exact) mass is 441 g/mol. The molecule has 0 spiro atoms. The summed E-state index contributed by atoms with van der Waals surface area (Å²) in [5, 5.41) is 3.68. The molecule has 31 heavy (non-hydrogen) atoms. The van der Waals surface area contributed by atoms with E-state index in [0.29, 0.717) is 41.8 Å². The zero-order valence-electron chi connectivity index (χ0n) is 17.8. The van der Waals surface area contributed by atoms with Gasteiger partial charge in [0.25, 0.3) is 0 Å². The lowest BCUT2D eigenvalue weighted by Crippen LogP contribution is -2.49. The van der Waals surface area contributed by atoms with E-state index in [-0.39, 0.29) is 17.9 Å². The Morgan fingerprint density at radius 3 is 2.68 bits per heavy atom. The summed E-state index contributed by atoms with van der Waals surface area (Å²) in [5.41, 5.74) is 2.35. The van der Waals surface area contributed by atoms with Crippen LogP contribution in [0.3, 0.4) is 0 Å². The van der Waals surface area contributed by atoms with Gasteiger partial charge in [0.2, 0.25) is 5.91 Å². The molecule has 2 aromatic rings. The van der Waals surface area contributed by atoms with Gasteiger partial charge in [-0.1, -0.05) is 36.6 Å². The number of nitrogens with zero attached hydrogens (tertiary/aromatic N) is 2. The van der Waals surface area contributed by atoms with Crippen molar-refractivity contribution in [2.24, 2.45) is 5.92 Å². The highest BCUT2D eigenvalue weighted by Gasteiger charge is 2.29. The third kappa shape index (κ3) is 4.96. The molecule has 0 unspecified atom stereocenters. The molecule has 0 radical (unpaired) electrons. The van der Waals surface area contributed by atoms with Gasteiger partial charge < -0.3 is 15.0 Å². The molecular formula is C24H28ClN3O3. The quantitative estimate of drug-likeness (QED) is 0.660. The summed E-state index contributed by atoms with van der Waals surface area (Å²) >= 11 is 6.10. The van der Waals surface area contributed by atoms with Gasteiger partial charge in [-0.15, -0.1) is 0 Å².